The maximum Gasteiger partial charge on any atom is 0.417 e. The number of anilines is 1. The van der Waals surface area contributed by atoms with Crippen LogP contribution in [0.2, 0.25) is 0 Å². The minimum absolute atomic E-state index is 0.0300. The Morgan fingerprint density at radius 2 is 1.89 bits per heavy atom. The second-order valence-corrected chi connectivity index (χ2v) is 8.02. The summed E-state index contributed by atoms with van der Waals surface area (Å²) < 4.78 is 91.2. The van der Waals surface area contributed by atoms with Crippen molar-refractivity contribution in [2.24, 2.45) is 5.92 Å². The van der Waals surface area contributed by atoms with Gasteiger partial charge < -0.3 is 20.1 Å². The summed E-state index contributed by atoms with van der Waals surface area (Å²) in [4.78, 5) is 28.7. The van der Waals surface area contributed by atoms with E-state index in [2.05, 4.69) is 20.4 Å². The number of alkyl halides is 5. The van der Waals surface area contributed by atoms with Gasteiger partial charge in [0.05, 0.1) is 0 Å². The summed E-state index contributed by atoms with van der Waals surface area (Å²) in [7, 11) is 1.35. The van der Waals surface area contributed by atoms with E-state index in [-0.39, 0.29) is 16.9 Å². The summed E-state index contributed by atoms with van der Waals surface area (Å²) in [5.74, 6) is -6.21. The van der Waals surface area contributed by atoms with Crippen LogP contribution in [0.3, 0.4) is 0 Å². The molecule has 0 saturated carbocycles. The van der Waals surface area contributed by atoms with Crippen LogP contribution in [0.4, 0.5) is 32.0 Å². The Morgan fingerprint density at radius 3 is 2.49 bits per heavy atom. The molecule has 2 aromatic rings. The summed E-state index contributed by atoms with van der Waals surface area (Å²) in [6.45, 7) is -1.50. The number of pyridine rings is 1. The van der Waals surface area contributed by atoms with Gasteiger partial charge in [0.25, 0.3) is 11.8 Å². The number of hydrogen-bond donors (Lipinski definition) is 2. The first-order valence-corrected chi connectivity index (χ1v) is 10.3. The van der Waals surface area contributed by atoms with E-state index in [4.69, 9.17) is 4.74 Å². The van der Waals surface area contributed by atoms with Gasteiger partial charge in [0, 0.05) is 42.4 Å². The number of amides is 2. The first-order valence-electron chi connectivity index (χ1n) is 10.3. The van der Waals surface area contributed by atoms with E-state index in [1.54, 1.807) is 0 Å². The van der Waals surface area contributed by atoms with Gasteiger partial charge in [-0.15, -0.1) is 0 Å². The lowest BCUT2D eigenvalue weighted by Gasteiger charge is -2.32. The number of hydrogen-bond acceptors (Lipinski definition) is 5. The Bertz CT molecular complexity index is 1110. The summed E-state index contributed by atoms with van der Waals surface area (Å²) in [6.07, 6.45) is -5.57. The molecule has 0 radical (unpaired) electrons. The molecule has 1 aromatic heterocycles. The van der Waals surface area contributed by atoms with Crippen molar-refractivity contribution < 1.29 is 45.4 Å². The van der Waals surface area contributed by atoms with Gasteiger partial charge >= 0.3 is 12.8 Å². The van der Waals surface area contributed by atoms with Gasteiger partial charge in [-0.05, 0) is 25.1 Å². The van der Waals surface area contributed by atoms with Crippen LogP contribution in [0.15, 0.2) is 36.5 Å². The van der Waals surface area contributed by atoms with E-state index in [1.807, 2.05) is 0 Å². The quantitative estimate of drug-likeness (QED) is 0.573. The number of nitrogens with one attached hydrogen (secondary N) is 2. The summed E-state index contributed by atoms with van der Waals surface area (Å²) in [5.41, 5.74) is -3.15. The third-order valence-corrected chi connectivity index (χ3v) is 5.96. The number of aromatic nitrogens is 1. The zero-order chi connectivity index (χ0) is 26.1. The van der Waals surface area contributed by atoms with E-state index in [0.717, 1.165) is 26.0 Å². The smallest absolute Gasteiger partial charge is 0.417 e. The van der Waals surface area contributed by atoms with Gasteiger partial charge in [0.2, 0.25) is 0 Å². The Kier molecular flexibility index (Phi) is 7.29. The van der Waals surface area contributed by atoms with Crippen LogP contribution in [0.5, 0.6) is 5.75 Å². The summed E-state index contributed by atoms with van der Waals surface area (Å²) in [5, 5.41) is 4.71. The van der Waals surface area contributed by atoms with Crippen LogP contribution in [0, 0.1) is 11.7 Å². The highest BCUT2D eigenvalue weighted by molar-refractivity contribution is 5.97. The number of rotatable bonds is 6. The van der Waals surface area contributed by atoms with Crippen LogP contribution in [-0.4, -0.2) is 48.3 Å². The van der Waals surface area contributed by atoms with Gasteiger partial charge in [-0.3, -0.25) is 14.6 Å². The molecule has 0 bridgehead atoms. The zero-order valence-corrected chi connectivity index (χ0v) is 18.6. The molecule has 4 atom stereocenters. The fraction of sp³-hybridized carbons (Fsp3) is 0.409. The fourth-order valence-corrected chi connectivity index (χ4v) is 3.98. The number of halogens is 6. The highest BCUT2D eigenvalue weighted by Gasteiger charge is 2.65. The van der Waals surface area contributed by atoms with Crippen LogP contribution < -0.4 is 15.4 Å². The predicted molar refractivity (Wildman–Crippen MR) is 111 cm³/mol. The number of carbonyl (C=O) groups is 2. The molecule has 13 heteroatoms. The molecule has 2 amide bonds. The summed E-state index contributed by atoms with van der Waals surface area (Å²) in [6, 6.07) is 4.93. The second-order valence-electron chi connectivity index (χ2n) is 8.02. The van der Waals surface area contributed by atoms with Crippen LogP contribution in [0.1, 0.15) is 35.8 Å². The molecule has 7 nitrogen and oxygen atoms in total. The fourth-order valence-electron chi connectivity index (χ4n) is 3.98. The van der Waals surface area contributed by atoms with E-state index in [1.165, 1.54) is 25.4 Å². The van der Waals surface area contributed by atoms with Crippen molar-refractivity contribution in [2.75, 3.05) is 12.4 Å². The predicted octanol–water partition coefficient (Wildman–Crippen LogP) is 4.26. The maximum absolute atomic E-state index is 14.0. The third-order valence-electron chi connectivity index (χ3n) is 5.96. The number of carbonyl (C=O) groups excluding carboxylic acids is 2. The van der Waals surface area contributed by atoms with Crippen LogP contribution in [0.25, 0.3) is 0 Å². The molecule has 0 unspecified atom stereocenters. The topological polar surface area (TPSA) is 89.6 Å². The lowest BCUT2D eigenvalue weighted by molar-refractivity contribution is -0.272. The largest absolute Gasteiger partial charge is 0.434 e. The van der Waals surface area contributed by atoms with E-state index >= 15 is 0 Å². The average Bonchev–Trinajstić information content (AvgIpc) is 3.05. The van der Waals surface area contributed by atoms with Crippen molar-refractivity contribution in [1.82, 2.24) is 10.3 Å². The molecule has 35 heavy (non-hydrogen) atoms. The molecule has 0 spiro atoms. The van der Waals surface area contributed by atoms with Crippen molar-refractivity contribution in [2.45, 2.75) is 44.3 Å². The Morgan fingerprint density at radius 1 is 1.20 bits per heavy atom. The third kappa shape index (κ3) is 5.19. The number of benzene rings is 1. The molecule has 2 heterocycles. The molecular weight excluding hydrogens is 484 g/mol. The lowest BCUT2D eigenvalue weighted by atomic mass is 9.77. The Labute approximate surface area is 195 Å². The van der Waals surface area contributed by atoms with Gasteiger partial charge in [-0.2, -0.15) is 22.0 Å². The lowest BCUT2D eigenvalue weighted by Crippen LogP contribution is -2.47. The highest BCUT2D eigenvalue weighted by Crippen LogP contribution is 2.54. The van der Waals surface area contributed by atoms with Crippen molar-refractivity contribution in [3.63, 3.8) is 0 Å². The van der Waals surface area contributed by atoms with Gasteiger partial charge in [-0.25, -0.2) is 4.39 Å². The minimum Gasteiger partial charge on any atom is -0.434 e. The van der Waals surface area contributed by atoms with Crippen molar-refractivity contribution >= 4 is 17.5 Å². The minimum atomic E-state index is -4.94. The molecular formula is C22H21F6N3O4. The van der Waals surface area contributed by atoms with Gasteiger partial charge in [-0.1, -0.05) is 13.0 Å². The SMILES string of the molecule is CNC(=O)c1cc(NC(=O)[C@H]2O[C@@](C)(C(F)(F)F)[C@H](C)[C@H]2c2ccc(F)cc2OC(F)F)ccn1. The molecule has 0 aliphatic carbocycles. The molecule has 1 aromatic carbocycles. The first-order chi connectivity index (χ1) is 16.3. The molecule has 1 aliphatic heterocycles. The van der Waals surface area contributed by atoms with Gasteiger partial charge in [0.15, 0.2) is 5.60 Å². The molecule has 2 N–H and O–H groups in total. The normalized spacial score (nSPS) is 24.3. The van der Waals surface area contributed by atoms with Crippen molar-refractivity contribution in [3.8, 4) is 5.75 Å². The standard InChI is InChI=1S/C22H21F6N3O4/c1-10-16(13-5-4-11(23)8-15(13)34-20(24)25)17(35-21(10,2)22(26,27)28)19(33)31-12-6-7-30-14(9-12)18(32)29-3/h4-10,16-17,20H,1-3H3,(H,29,32)(H,30,31,33)/t10-,16+,17+,21-/m1/s1. The van der Waals surface area contributed by atoms with E-state index in [0.29, 0.717) is 6.07 Å². The van der Waals surface area contributed by atoms with E-state index < -0.39 is 59.7 Å². The van der Waals surface area contributed by atoms with E-state index in [9.17, 15) is 35.9 Å². The molecule has 1 saturated heterocycles. The molecule has 3 rings (SSSR count). The zero-order valence-electron chi connectivity index (χ0n) is 18.6. The van der Waals surface area contributed by atoms with Crippen LogP contribution in [-0.2, 0) is 9.53 Å². The molecule has 1 aliphatic rings. The average molecular weight is 505 g/mol. The monoisotopic (exact) mass is 505 g/mol. The van der Waals surface area contributed by atoms with Gasteiger partial charge in [0.1, 0.15) is 23.4 Å². The number of nitrogens with zero attached hydrogens (tertiary/aromatic N) is 1. The maximum atomic E-state index is 14.0. The highest BCUT2D eigenvalue weighted by atomic mass is 19.4. The summed E-state index contributed by atoms with van der Waals surface area (Å²) >= 11 is 0. The Balaban J connectivity index is 2.04. The second kappa shape index (κ2) is 9.72. The molecule has 1 fully saturated rings. The Hall–Kier alpha value is -3.35. The first kappa shape index (κ1) is 26.3. The molecule has 190 valence electrons. The number of ether oxygens (including phenoxy) is 2. The van der Waals surface area contributed by atoms with Crippen molar-refractivity contribution in [1.29, 1.82) is 0 Å². The van der Waals surface area contributed by atoms with Crippen molar-refractivity contribution in [3.05, 3.63) is 53.6 Å². The van der Waals surface area contributed by atoms with Crippen LogP contribution >= 0.6 is 0 Å².